The first-order valence-electron chi connectivity index (χ1n) is 12.1. The van der Waals surface area contributed by atoms with Crippen LogP contribution in [0, 0.1) is 12.3 Å². The van der Waals surface area contributed by atoms with Gasteiger partial charge in [0.15, 0.2) is 0 Å². The molecule has 0 fully saturated rings. The van der Waals surface area contributed by atoms with Gasteiger partial charge in [0.2, 0.25) is 0 Å². The van der Waals surface area contributed by atoms with E-state index in [2.05, 4.69) is 92.0 Å². The first-order chi connectivity index (χ1) is 15.3. The molecule has 0 aliphatic carbocycles. The van der Waals surface area contributed by atoms with Crippen molar-refractivity contribution < 1.29 is 19.1 Å². The van der Waals surface area contributed by atoms with E-state index in [9.17, 15) is 5.11 Å². The molecule has 2 aromatic rings. The second-order valence-corrected chi connectivity index (χ2v) is 12.0. The Balaban J connectivity index is 1.69. The largest absolute Gasteiger partial charge is 0.491 e. The summed E-state index contributed by atoms with van der Waals surface area (Å²) in [4.78, 5) is 0. The topological polar surface area (TPSA) is 38.7 Å². The summed E-state index contributed by atoms with van der Waals surface area (Å²) in [6.07, 6.45) is 0.617. The normalized spacial score (nSPS) is 13.7. The molecule has 4 heteroatoms. The second kappa shape index (κ2) is 11.5. The van der Waals surface area contributed by atoms with Crippen molar-refractivity contribution in [3.63, 3.8) is 0 Å². The van der Waals surface area contributed by atoms with E-state index in [0.717, 1.165) is 18.7 Å². The van der Waals surface area contributed by atoms with Gasteiger partial charge in [-0.3, -0.25) is 0 Å². The zero-order chi connectivity index (χ0) is 24.7. The predicted octanol–water partition coefficient (Wildman–Crippen LogP) is 5.74. The number of hydrogen-bond acceptors (Lipinski definition) is 3. The average Bonchev–Trinajstić information content (AvgIpc) is 2.67. The maximum Gasteiger partial charge on any atom is 0.126 e. The Morgan fingerprint density at radius 3 is 2.06 bits per heavy atom. The molecule has 0 heterocycles. The smallest absolute Gasteiger partial charge is 0.126 e. The van der Waals surface area contributed by atoms with Crippen LogP contribution < -0.4 is 4.74 Å². The van der Waals surface area contributed by atoms with Crippen LogP contribution >= 0.6 is 0 Å². The summed E-state index contributed by atoms with van der Waals surface area (Å²) in [7, 11) is 4.28. The molecule has 0 spiro atoms. The van der Waals surface area contributed by atoms with Gasteiger partial charge in [-0.1, -0.05) is 76.6 Å². The number of quaternary nitrogens is 1. The fourth-order valence-corrected chi connectivity index (χ4v) is 4.74. The molecule has 0 radical (unpaired) electrons. The van der Waals surface area contributed by atoms with Crippen molar-refractivity contribution in [2.24, 2.45) is 5.41 Å². The summed E-state index contributed by atoms with van der Waals surface area (Å²) in [6.45, 7) is 16.3. The molecule has 0 amide bonds. The molecular weight excluding hydrogens is 410 g/mol. The third-order valence-electron chi connectivity index (χ3n) is 5.85. The molecular formula is C29H46NO3+. The van der Waals surface area contributed by atoms with Crippen molar-refractivity contribution in [1.29, 1.82) is 0 Å². The van der Waals surface area contributed by atoms with Crippen LogP contribution in [0.4, 0.5) is 0 Å². The summed E-state index contributed by atoms with van der Waals surface area (Å²) in [5, 5.41) is 10.4. The number of nitrogens with zero attached hydrogens (tertiary/aromatic N) is 1. The number of benzene rings is 2. The van der Waals surface area contributed by atoms with Gasteiger partial charge in [-0.25, -0.2) is 0 Å². The highest BCUT2D eigenvalue weighted by molar-refractivity contribution is 5.31. The van der Waals surface area contributed by atoms with E-state index >= 15 is 0 Å². The van der Waals surface area contributed by atoms with Gasteiger partial charge in [-0.05, 0) is 41.9 Å². The zero-order valence-corrected chi connectivity index (χ0v) is 22.1. The van der Waals surface area contributed by atoms with Crippen molar-refractivity contribution in [2.45, 2.75) is 66.0 Å². The lowest BCUT2D eigenvalue weighted by Gasteiger charge is -2.33. The Bertz CT molecular complexity index is 833. The van der Waals surface area contributed by atoms with Crippen LogP contribution in [0.25, 0.3) is 0 Å². The molecule has 0 saturated heterocycles. The molecule has 33 heavy (non-hydrogen) atoms. The van der Waals surface area contributed by atoms with Crippen molar-refractivity contribution in [1.82, 2.24) is 0 Å². The van der Waals surface area contributed by atoms with Gasteiger partial charge in [0.1, 0.15) is 31.5 Å². The lowest BCUT2D eigenvalue weighted by Crippen LogP contribution is -2.46. The molecule has 0 bridgehead atoms. The highest BCUT2D eigenvalue weighted by Gasteiger charge is 2.27. The number of hydrogen-bond donors (Lipinski definition) is 1. The van der Waals surface area contributed by atoms with Crippen LogP contribution in [0.1, 0.15) is 57.7 Å². The number of aliphatic hydroxyl groups is 1. The van der Waals surface area contributed by atoms with Crippen LogP contribution in [-0.4, -0.2) is 56.2 Å². The zero-order valence-electron chi connectivity index (χ0n) is 22.1. The van der Waals surface area contributed by atoms with Crippen LogP contribution in [-0.2, 0) is 16.7 Å². The SMILES string of the molecule is Cc1ccc(C[N+](C)(C)CC(O)COCCOc2ccc(C(C)(C)CC(C)(C)C)cc2)cc1. The van der Waals surface area contributed by atoms with E-state index in [0.29, 0.717) is 30.8 Å². The standard InChI is InChI=1S/C29H46NO3/c1-23-9-11-24(12-10-23)19-30(7,8)20-26(31)21-32-17-18-33-27-15-13-25(14-16-27)29(5,6)22-28(2,3)4/h9-16,26,31H,17-22H2,1-8H3/q+1. The van der Waals surface area contributed by atoms with Gasteiger partial charge in [0.05, 0.1) is 27.3 Å². The molecule has 2 aromatic carbocycles. The minimum Gasteiger partial charge on any atom is -0.491 e. The molecule has 184 valence electrons. The number of aliphatic hydroxyl groups excluding tert-OH is 1. The molecule has 1 N–H and O–H groups in total. The first-order valence-corrected chi connectivity index (χ1v) is 12.1. The molecule has 0 aliphatic rings. The Hall–Kier alpha value is -1.88. The van der Waals surface area contributed by atoms with Crippen molar-refractivity contribution in [3.8, 4) is 5.75 Å². The third-order valence-corrected chi connectivity index (χ3v) is 5.85. The fourth-order valence-electron chi connectivity index (χ4n) is 4.74. The minimum atomic E-state index is -0.505. The first kappa shape index (κ1) is 27.4. The van der Waals surface area contributed by atoms with Crippen molar-refractivity contribution >= 4 is 0 Å². The Kier molecular flexibility index (Phi) is 9.54. The van der Waals surface area contributed by atoms with E-state index in [1.54, 1.807) is 0 Å². The van der Waals surface area contributed by atoms with Crippen LogP contribution in [0.2, 0.25) is 0 Å². The molecule has 0 saturated carbocycles. The average molecular weight is 457 g/mol. The number of aryl methyl sites for hydroxylation is 1. The summed E-state index contributed by atoms with van der Waals surface area (Å²) < 4.78 is 12.2. The highest BCUT2D eigenvalue weighted by atomic mass is 16.5. The monoisotopic (exact) mass is 456 g/mol. The number of rotatable bonds is 12. The van der Waals surface area contributed by atoms with Gasteiger partial charge in [-0.15, -0.1) is 0 Å². The molecule has 0 aromatic heterocycles. The van der Waals surface area contributed by atoms with Gasteiger partial charge in [0, 0.05) is 5.56 Å². The number of ether oxygens (including phenoxy) is 2. The van der Waals surface area contributed by atoms with Crippen LogP contribution in [0.5, 0.6) is 5.75 Å². The van der Waals surface area contributed by atoms with Gasteiger partial charge in [-0.2, -0.15) is 0 Å². The van der Waals surface area contributed by atoms with E-state index in [1.165, 1.54) is 16.7 Å². The Morgan fingerprint density at radius 1 is 0.879 bits per heavy atom. The maximum atomic E-state index is 10.4. The molecule has 4 nitrogen and oxygen atoms in total. The fraction of sp³-hybridized carbons (Fsp3) is 0.586. The Labute approximate surface area is 202 Å². The second-order valence-electron chi connectivity index (χ2n) is 12.0. The molecule has 1 unspecified atom stereocenters. The van der Waals surface area contributed by atoms with E-state index in [1.807, 2.05) is 12.1 Å². The van der Waals surface area contributed by atoms with Crippen LogP contribution in [0.15, 0.2) is 48.5 Å². The Morgan fingerprint density at radius 2 is 1.48 bits per heavy atom. The lowest BCUT2D eigenvalue weighted by atomic mass is 9.72. The third kappa shape index (κ3) is 10.3. The van der Waals surface area contributed by atoms with Gasteiger partial charge in [0.25, 0.3) is 0 Å². The van der Waals surface area contributed by atoms with Gasteiger partial charge < -0.3 is 19.1 Å². The molecule has 2 rings (SSSR count). The van der Waals surface area contributed by atoms with Crippen molar-refractivity contribution in [3.05, 3.63) is 65.2 Å². The molecule has 1 atom stereocenters. The van der Waals surface area contributed by atoms with E-state index in [-0.39, 0.29) is 10.8 Å². The summed E-state index contributed by atoms with van der Waals surface area (Å²) in [5.41, 5.74) is 4.28. The van der Waals surface area contributed by atoms with Gasteiger partial charge >= 0.3 is 0 Å². The van der Waals surface area contributed by atoms with E-state index in [4.69, 9.17) is 9.47 Å². The van der Waals surface area contributed by atoms with E-state index < -0.39 is 6.10 Å². The van der Waals surface area contributed by atoms with Crippen LogP contribution in [0.3, 0.4) is 0 Å². The number of likely N-dealkylation sites (N-methyl/N-ethyl adjacent to an activating group) is 1. The quantitative estimate of drug-likeness (QED) is 0.327. The highest BCUT2D eigenvalue weighted by Crippen LogP contribution is 2.36. The lowest BCUT2D eigenvalue weighted by molar-refractivity contribution is -0.906. The summed E-state index contributed by atoms with van der Waals surface area (Å²) in [5.74, 6) is 0.852. The summed E-state index contributed by atoms with van der Waals surface area (Å²) in [6, 6.07) is 17.0. The molecule has 0 aliphatic heterocycles. The summed E-state index contributed by atoms with van der Waals surface area (Å²) >= 11 is 0. The predicted molar refractivity (Wildman–Crippen MR) is 138 cm³/mol. The maximum absolute atomic E-state index is 10.4. The van der Waals surface area contributed by atoms with Crippen molar-refractivity contribution in [2.75, 3.05) is 40.5 Å². The minimum absolute atomic E-state index is 0.127.